The van der Waals surface area contributed by atoms with E-state index in [9.17, 15) is 24.6 Å². The average molecular weight is 777 g/mol. The molecule has 8 N–H and O–H groups in total. The topological polar surface area (TPSA) is 188 Å². The van der Waals surface area contributed by atoms with E-state index in [4.69, 9.17) is 15.3 Å². The van der Waals surface area contributed by atoms with Gasteiger partial charge < -0.3 is 41.5 Å². The van der Waals surface area contributed by atoms with Crippen molar-refractivity contribution in [3.05, 3.63) is 27.4 Å². The van der Waals surface area contributed by atoms with Crippen LogP contribution >= 0.6 is 67.8 Å². The second kappa shape index (κ2) is 14.0. The second-order valence-electron chi connectivity index (χ2n) is 6.14. The standard InChI is InChI=1S/C17H22I3N3O8/c18-12-9(15(29)21-1-2-24)13(19)11(17(31)23-4-8(28)6-26)14(20)10(12)16(30)22-3-7(27)5-25/h7-8,24-28H,1-6H2,(H,21,29)(H,22,30)(H,23,31). The molecule has 0 spiro atoms. The van der Waals surface area contributed by atoms with E-state index in [1.165, 1.54) is 0 Å². The zero-order valence-electron chi connectivity index (χ0n) is 16.0. The number of carbonyl (C=O) groups excluding carboxylic acids is 3. The first kappa shape index (κ1) is 28.7. The highest BCUT2D eigenvalue weighted by Crippen LogP contribution is 2.32. The molecule has 1 aromatic rings. The van der Waals surface area contributed by atoms with E-state index in [0.29, 0.717) is 0 Å². The van der Waals surface area contributed by atoms with Gasteiger partial charge in [-0.3, -0.25) is 14.4 Å². The van der Waals surface area contributed by atoms with Crippen molar-refractivity contribution < 1.29 is 39.9 Å². The van der Waals surface area contributed by atoms with Crippen LogP contribution in [0.1, 0.15) is 31.1 Å². The molecule has 0 heterocycles. The van der Waals surface area contributed by atoms with Gasteiger partial charge in [-0.15, -0.1) is 0 Å². The first-order valence-corrected chi connectivity index (χ1v) is 12.1. The van der Waals surface area contributed by atoms with Gasteiger partial charge in [-0.25, -0.2) is 0 Å². The summed E-state index contributed by atoms with van der Waals surface area (Å²) in [6.07, 6.45) is -2.36. The molecule has 0 fully saturated rings. The van der Waals surface area contributed by atoms with Gasteiger partial charge in [0.05, 0.1) is 48.7 Å². The molecule has 0 bridgehead atoms. The maximum atomic E-state index is 12.8. The van der Waals surface area contributed by atoms with Gasteiger partial charge in [-0.2, -0.15) is 0 Å². The van der Waals surface area contributed by atoms with Crippen molar-refractivity contribution in [2.24, 2.45) is 0 Å². The average Bonchev–Trinajstić information content (AvgIpc) is 2.73. The number of rotatable bonds is 11. The third-order valence-corrected chi connectivity index (χ3v) is 7.05. The highest BCUT2D eigenvalue weighted by molar-refractivity contribution is 14.1. The smallest absolute Gasteiger partial charge is 0.253 e. The lowest BCUT2D eigenvalue weighted by Crippen LogP contribution is -2.38. The van der Waals surface area contributed by atoms with Crippen LogP contribution in [-0.4, -0.2) is 94.9 Å². The molecule has 3 amide bonds. The number of benzene rings is 1. The third kappa shape index (κ3) is 7.86. The molecule has 31 heavy (non-hydrogen) atoms. The van der Waals surface area contributed by atoms with Crippen molar-refractivity contribution in [2.45, 2.75) is 12.2 Å². The summed E-state index contributed by atoms with van der Waals surface area (Å²) >= 11 is 5.41. The fraction of sp³-hybridized carbons (Fsp3) is 0.471. The molecule has 1 aromatic carbocycles. The van der Waals surface area contributed by atoms with Gasteiger partial charge in [-0.05, 0) is 67.8 Å². The van der Waals surface area contributed by atoms with Crippen LogP contribution in [0.2, 0.25) is 0 Å². The fourth-order valence-corrected chi connectivity index (χ4v) is 6.88. The van der Waals surface area contributed by atoms with Gasteiger partial charge in [0, 0.05) is 30.3 Å². The second-order valence-corrected chi connectivity index (χ2v) is 9.38. The lowest BCUT2D eigenvalue weighted by Gasteiger charge is -2.19. The summed E-state index contributed by atoms with van der Waals surface area (Å²) < 4.78 is 0.742. The maximum Gasteiger partial charge on any atom is 0.253 e. The number of hydrogen-bond donors (Lipinski definition) is 8. The molecule has 11 nitrogen and oxygen atoms in total. The normalized spacial score (nSPS) is 12.8. The zero-order chi connectivity index (χ0) is 23.7. The van der Waals surface area contributed by atoms with Gasteiger partial charge >= 0.3 is 0 Å². The summed E-state index contributed by atoms with van der Waals surface area (Å²) in [5.74, 6) is -1.94. The molecule has 0 saturated heterocycles. The molecule has 0 saturated carbocycles. The summed E-state index contributed by atoms with van der Waals surface area (Å²) in [6.45, 7) is -1.95. The summed E-state index contributed by atoms with van der Waals surface area (Å²) in [6, 6.07) is 0. The molecule has 0 radical (unpaired) electrons. The Morgan fingerprint density at radius 2 is 1.00 bits per heavy atom. The Labute approximate surface area is 218 Å². The summed E-state index contributed by atoms with van der Waals surface area (Å²) in [5, 5.41) is 53.2. The predicted molar refractivity (Wildman–Crippen MR) is 135 cm³/mol. The van der Waals surface area contributed by atoms with E-state index < -0.39 is 43.1 Å². The van der Waals surface area contributed by atoms with E-state index >= 15 is 0 Å². The summed E-state index contributed by atoms with van der Waals surface area (Å²) in [7, 11) is 0. The molecular weight excluding hydrogens is 755 g/mol. The van der Waals surface area contributed by atoms with Crippen molar-refractivity contribution in [3.63, 3.8) is 0 Å². The Morgan fingerprint density at radius 1 is 0.677 bits per heavy atom. The lowest BCUT2D eigenvalue weighted by atomic mass is 10.0. The first-order valence-electron chi connectivity index (χ1n) is 8.84. The van der Waals surface area contributed by atoms with Crippen LogP contribution in [0.3, 0.4) is 0 Å². The number of aliphatic hydroxyl groups excluding tert-OH is 5. The minimum absolute atomic E-state index is 0.0220. The van der Waals surface area contributed by atoms with Crippen LogP contribution in [0, 0.1) is 10.7 Å². The minimum Gasteiger partial charge on any atom is -0.395 e. The number of amides is 3. The molecule has 174 valence electrons. The molecule has 0 aromatic heterocycles. The van der Waals surface area contributed by atoms with E-state index in [1.807, 2.05) is 45.2 Å². The van der Waals surface area contributed by atoms with Gasteiger partial charge in [0.1, 0.15) is 0 Å². The van der Waals surface area contributed by atoms with Gasteiger partial charge in [0.25, 0.3) is 17.7 Å². The number of aliphatic hydroxyl groups is 5. The lowest BCUT2D eigenvalue weighted by molar-refractivity contribution is 0.0798. The van der Waals surface area contributed by atoms with Crippen molar-refractivity contribution in [2.75, 3.05) is 39.5 Å². The third-order valence-electron chi connectivity index (χ3n) is 3.81. The Morgan fingerprint density at radius 3 is 1.29 bits per heavy atom. The summed E-state index contributed by atoms with van der Waals surface area (Å²) in [4.78, 5) is 38.3. The molecule has 2 atom stereocenters. The van der Waals surface area contributed by atoms with Crippen molar-refractivity contribution >= 4 is 85.5 Å². The highest BCUT2D eigenvalue weighted by atomic mass is 127. The van der Waals surface area contributed by atoms with E-state index in [0.717, 1.165) is 0 Å². The van der Waals surface area contributed by atoms with Crippen LogP contribution in [0.15, 0.2) is 0 Å². The van der Waals surface area contributed by atoms with Crippen LogP contribution in [-0.2, 0) is 0 Å². The van der Waals surface area contributed by atoms with Crippen LogP contribution in [0.4, 0.5) is 0 Å². The Bertz CT molecular complexity index is 771. The van der Waals surface area contributed by atoms with E-state index in [-0.39, 0.29) is 53.6 Å². The quantitative estimate of drug-likeness (QED) is 0.123. The van der Waals surface area contributed by atoms with Gasteiger partial charge in [-0.1, -0.05) is 0 Å². The summed E-state index contributed by atoms with van der Waals surface area (Å²) in [5.41, 5.74) is 0.0956. The molecule has 0 aliphatic rings. The van der Waals surface area contributed by atoms with Gasteiger partial charge in [0.2, 0.25) is 0 Å². The van der Waals surface area contributed by atoms with E-state index in [2.05, 4.69) is 16.0 Å². The van der Waals surface area contributed by atoms with Crippen LogP contribution < -0.4 is 16.0 Å². The number of hydrogen-bond acceptors (Lipinski definition) is 8. The molecular formula is C17H22I3N3O8. The molecule has 0 aliphatic carbocycles. The fourth-order valence-electron chi connectivity index (χ4n) is 2.25. The van der Waals surface area contributed by atoms with Crippen molar-refractivity contribution in [3.8, 4) is 0 Å². The van der Waals surface area contributed by atoms with Crippen molar-refractivity contribution in [1.29, 1.82) is 0 Å². The highest BCUT2D eigenvalue weighted by Gasteiger charge is 2.30. The van der Waals surface area contributed by atoms with Gasteiger partial charge in [0.15, 0.2) is 0 Å². The minimum atomic E-state index is -1.18. The SMILES string of the molecule is O=C(NCCO)c1c(I)c(C(=O)NCC(O)CO)c(I)c(C(=O)NCC(O)CO)c1I. The maximum absolute atomic E-state index is 12.8. The number of halogens is 3. The Balaban J connectivity index is 3.52. The van der Waals surface area contributed by atoms with Crippen LogP contribution in [0.5, 0.6) is 0 Å². The van der Waals surface area contributed by atoms with E-state index in [1.54, 1.807) is 22.6 Å². The molecule has 1 rings (SSSR count). The predicted octanol–water partition coefficient (Wildman–Crippen LogP) is -1.61. The zero-order valence-corrected chi connectivity index (χ0v) is 22.5. The number of nitrogens with one attached hydrogen (secondary N) is 3. The monoisotopic (exact) mass is 777 g/mol. The first-order chi connectivity index (χ1) is 14.6. The molecule has 2 unspecified atom stereocenters. The number of carbonyl (C=O) groups is 3. The Kier molecular flexibility index (Phi) is 12.9. The molecule has 14 heteroatoms. The molecule has 0 aliphatic heterocycles. The Hall–Kier alpha value is -0.380. The largest absolute Gasteiger partial charge is 0.395 e. The van der Waals surface area contributed by atoms with Crippen molar-refractivity contribution in [1.82, 2.24) is 16.0 Å². The van der Waals surface area contributed by atoms with Crippen LogP contribution in [0.25, 0.3) is 0 Å².